The molecule has 3 rings (SSSR count). The van der Waals surface area contributed by atoms with Crippen LogP contribution < -0.4 is 9.62 Å². The summed E-state index contributed by atoms with van der Waals surface area (Å²) in [6.07, 6.45) is 5.03. The molecule has 2 aromatic rings. The number of nitrogens with zero attached hydrogens (tertiary/aromatic N) is 2. The lowest BCUT2D eigenvalue weighted by molar-refractivity contribution is 0.0990. The van der Waals surface area contributed by atoms with Crippen LogP contribution in [0.4, 0.5) is 5.69 Å². The summed E-state index contributed by atoms with van der Waals surface area (Å²) in [5, 5.41) is 0.521. The second-order valence-electron chi connectivity index (χ2n) is 5.98. The van der Waals surface area contributed by atoms with Gasteiger partial charge in [0.05, 0.1) is 24.2 Å². The van der Waals surface area contributed by atoms with Crippen molar-refractivity contribution in [1.29, 1.82) is 0 Å². The van der Waals surface area contributed by atoms with E-state index >= 15 is 0 Å². The summed E-state index contributed by atoms with van der Waals surface area (Å²) >= 11 is 6.03. The van der Waals surface area contributed by atoms with Crippen LogP contribution in [0.3, 0.4) is 0 Å². The fourth-order valence-corrected chi connectivity index (χ4v) is 3.63. The maximum atomic E-state index is 12.9. The van der Waals surface area contributed by atoms with Crippen LogP contribution in [-0.2, 0) is 16.6 Å². The maximum Gasteiger partial charge on any atom is 0.259 e. The Balaban J connectivity index is 1.95. The molecule has 1 aromatic carbocycles. The number of benzene rings is 1. The molecule has 132 valence electrons. The third-order valence-corrected chi connectivity index (χ3v) is 5.02. The van der Waals surface area contributed by atoms with Crippen LogP contribution in [0.25, 0.3) is 0 Å². The second-order valence-corrected chi connectivity index (χ2v) is 8.24. The van der Waals surface area contributed by atoms with Gasteiger partial charge in [-0.25, -0.2) is 13.1 Å². The highest BCUT2D eigenvalue weighted by Crippen LogP contribution is 2.40. The molecule has 1 aromatic heterocycles. The van der Waals surface area contributed by atoms with Crippen LogP contribution in [0.5, 0.6) is 0 Å². The molecule has 25 heavy (non-hydrogen) atoms. The highest BCUT2D eigenvalue weighted by Gasteiger charge is 2.36. The van der Waals surface area contributed by atoms with E-state index in [4.69, 9.17) is 11.6 Å². The van der Waals surface area contributed by atoms with Gasteiger partial charge in [0.15, 0.2) is 0 Å². The molecule has 0 saturated heterocycles. The number of hydrogen-bond acceptors (Lipinski definition) is 4. The van der Waals surface area contributed by atoms with Crippen molar-refractivity contribution in [3.05, 3.63) is 58.4 Å². The fraction of sp³-hybridized carbons (Fsp3) is 0.294. The minimum absolute atomic E-state index is 0.0975. The topological polar surface area (TPSA) is 79.4 Å². The first-order valence-electron chi connectivity index (χ1n) is 7.81. The van der Waals surface area contributed by atoms with E-state index in [1.165, 1.54) is 0 Å². The van der Waals surface area contributed by atoms with E-state index in [-0.39, 0.29) is 18.5 Å². The Labute approximate surface area is 151 Å². The van der Waals surface area contributed by atoms with Crippen molar-refractivity contribution in [2.24, 2.45) is 0 Å². The Bertz CT molecular complexity index is 930. The molecule has 1 N–H and O–H groups in total. The number of sulfonamides is 1. The smallest absolute Gasteiger partial charge is 0.259 e. The number of rotatable bonds is 5. The first-order valence-corrected chi connectivity index (χ1v) is 10.1. The van der Waals surface area contributed by atoms with E-state index in [2.05, 4.69) is 9.71 Å². The number of fused-ring (bicyclic) bond motifs is 1. The van der Waals surface area contributed by atoms with Gasteiger partial charge in [0.25, 0.3) is 5.91 Å². The standard InChI is InChI=1S/C17H18ClN3O3S/c1-3-16-14-5-4-12(18)7-15(14)17(22)21(16)13-6-11(8-19-10-13)9-20-25(2,23)24/h4-8,10,16,20H,3,9H2,1-2H3/t16-/m1/s1. The van der Waals surface area contributed by atoms with Crippen molar-refractivity contribution in [1.82, 2.24) is 9.71 Å². The Morgan fingerprint density at radius 1 is 1.28 bits per heavy atom. The molecule has 2 heterocycles. The molecule has 1 atom stereocenters. The number of anilines is 1. The molecule has 0 unspecified atom stereocenters. The molecule has 0 fully saturated rings. The molecular weight excluding hydrogens is 362 g/mol. The number of carbonyl (C=O) groups excluding carboxylic acids is 1. The van der Waals surface area contributed by atoms with Crippen LogP contribution in [0.2, 0.25) is 5.02 Å². The van der Waals surface area contributed by atoms with E-state index < -0.39 is 10.0 Å². The van der Waals surface area contributed by atoms with Gasteiger partial charge in [-0.3, -0.25) is 14.7 Å². The summed E-state index contributed by atoms with van der Waals surface area (Å²) in [7, 11) is -3.30. The molecule has 1 amide bonds. The largest absolute Gasteiger partial charge is 0.299 e. The number of carbonyl (C=O) groups is 1. The lowest BCUT2D eigenvalue weighted by Crippen LogP contribution is -2.28. The second kappa shape index (κ2) is 6.74. The van der Waals surface area contributed by atoms with Crippen molar-refractivity contribution in [3.8, 4) is 0 Å². The molecule has 0 bridgehead atoms. The van der Waals surface area contributed by atoms with Gasteiger partial charge in [-0.2, -0.15) is 0 Å². The lowest BCUT2D eigenvalue weighted by Gasteiger charge is -2.24. The highest BCUT2D eigenvalue weighted by atomic mass is 35.5. The number of hydrogen-bond donors (Lipinski definition) is 1. The summed E-state index contributed by atoms with van der Waals surface area (Å²) in [5.74, 6) is -0.126. The molecule has 0 spiro atoms. The summed E-state index contributed by atoms with van der Waals surface area (Å²) in [6.45, 7) is 2.13. The predicted octanol–water partition coefficient (Wildman–Crippen LogP) is 2.90. The van der Waals surface area contributed by atoms with Gasteiger partial charge < -0.3 is 0 Å². The van der Waals surface area contributed by atoms with Gasteiger partial charge in [0.2, 0.25) is 10.0 Å². The van der Waals surface area contributed by atoms with Crippen molar-refractivity contribution in [2.75, 3.05) is 11.2 Å². The summed E-state index contributed by atoms with van der Waals surface area (Å²) in [6, 6.07) is 7.03. The number of halogens is 1. The number of amides is 1. The van der Waals surface area contributed by atoms with E-state index in [1.807, 2.05) is 13.0 Å². The number of aromatic nitrogens is 1. The Morgan fingerprint density at radius 2 is 2.04 bits per heavy atom. The van der Waals surface area contributed by atoms with Crippen LogP contribution in [0.1, 0.15) is 40.9 Å². The van der Waals surface area contributed by atoms with Gasteiger partial charge in [-0.05, 0) is 35.7 Å². The lowest BCUT2D eigenvalue weighted by atomic mass is 10.0. The van der Waals surface area contributed by atoms with Crippen molar-refractivity contribution >= 4 is 33.2 Å². The van der Waals surface area contributed by atoms with Gasteiger partial charge in [-0.15, -0.1) is 0 Å². The Hall–Kier alpha value is -1.96. The monoisotopic (exact) mass is 379 g/mol. The minimum Gasteiger partial charge on any atom is -0.299 e. The Morgan fingerprint density at radius 3 is 2.72 bits per heavy atom. The first-order chi connectivity index (χ1) is 11.8. The van der Waals surface area contributed by atoms with Gasteiger partial charge in [0.1, 0.15) is 0 Å². The third kappa shape index (κ3) is 3.68. The maximum absolute atomic E-state index is 12.9. The van der Waals surface area contributed by atoms with E-state index in [9.17, 15) is 13.2 Å². The molecule has 1 aliphatic rings. The zero-order valence-corrected chi connectivity index (χ0v) is 15.4. The number of pyridine rings is 1. The zero-order chi connectivity index (χ0) is 18.2. The molecule has 0 aliphatic carbocycles. The van der Waals surface area contributed by atoms with Gasteiger partial charge in [-0.1, -0.05) is 24.6 Å². The molecule has 1 aliphatic heterocycles. The first kappa shape index (κ1) is 17.8. The molecule has 0 radical (unpaired) electrons. The zero-order valence-electron chi connectivity index (χ0n) is 13.9. The summed E-state index contributed by atoms with van der Waals surface area (Å²) in [4.78, 5) is 18.7. The summed E-state index contributed by atoms with van der Waals surface area (Å²) < 4.78 is 25.0. The molecular formula is C17H18ClN3O3S. The number of nitrogens with one attached hydrogen (secondary N) is 1. The van der Waals surface area contributed by atoms with Crippen LogP contribution >= 0.6 is 11.6 Å². The van der Waals surface area contributed by atoms with Crippen molar-refractivity contribution in [2.45, 2.75) is 25.9 Å². The van der Waals surface area contributed by atoms with E-state index in [0.29, 0.717) is 21.8 Å². The van der Waals surface area contributed by atoms with Crippen LogP contribution in [0, 0.1) is 0 Å². The normalized spacial score (nSPS) is 17.0. The van der Waals surface area contributed by atoms with Gasteiger partial charge >= 0.3 is 0 Å². The van der Waals surface area contributed by atoms with E-state index in [0.717, 1.165) is 18.2 Å². The molecule has 6 nitrogen and oxygen atoms in total. The fourth-order valence-electron chi connectivity index (χ4n) is 3.03. The average molecular weight is 380 g/mol. The SMILES string of the molecule is CC[C@@H]1c2ccc(Cl)cc2C(=O)N1c1cncc(CNS(C)(=O)=O)c1. The average Bonchev–Trinajstić information content (AvgIpc) is 2.84. The van der Waals surface area contributed by atoms with Gasteiger partial charge in [0, 0.05) is 23.3 Å². The van der Waals surface area contributed by atoms with Crippen LogP contribution in [0.15, 0.2) is 36.7 Å². The Kier molecular flexibility index (Phi) is 4.81. The van der Waals surface area contributed by atoms with E-state index in [1.54, 1.807) is 35.5 Å². The van der Waals surface area contributed by atoms with Crippen molar-refractivity contribution in [3.63, 3.8) is 0 Å². The third-order valence-electron chi connectivity index (χ3n) is 4.12. The van der Waals surface area contributed by atoms with Crippen LogP contribution in [-0.4, -0.2) is 25.6 Å². The highest BCUT2D eigenvalue weighted by molar-refractivity contribution is 7.88. The summed E-state index contributed by atoms with van der Waals surface area (Å²) in [5.41, 5.74) is 2.85. The minimum atomic E-state index is -3.30. The van der Waals surface area contributed by atoms with Crippen molar-refractivity contribution < 1.29 is 13.2 Å². The molecule has 0 saturated carbocycles. The molecule has 8 heteroatoms. The predicted molar refractivity (Wildman–Crippen MR) is 97.2 cm³/mol. The quantitative estimate of drug-likeness (QED) is 0.866.